The van der Waals surface area contributed by atoms with Gasteiger partial charge in [0.2, 0.25) is 12.1 Å². The maximum atomic E-state index is 7.37. The molecule has 3 aliphatic heterocycles. The maximum absolute atomic E-state index is 7.37. The fourth-order valence-corrected chi connectivity index (χ4v) is 7.50. The third kappa shape index (κ3) is 4.81. The highest BCUT2D eigenvalue weighted by atomic mass is 16.7. The number of hydrogen-bond donors (Lipinski definition) is 0. The molecule has 1 saturated carbocycles. The number of aryl methyl sites for hydroxylation is 1. The van der Waals surface area contributed by atoms with Crippen LogP contribution < -0.4 is 9.47 Å². The maximum Gasteiger partial charge on any atom is 0.704 e. The lowest BCUT2D eigenvalue weighted by Crippen LogP contribution is -2.60. The first-order valence-corrected chi connectivity index (χ1v) is 16.6. The molecule has 1 saturated heterocycles. The number of rotatable bonds is 4. The average molecular weight is 571 g/mol. The van der Waals surface area contributed by atoms with Gasteiger partial charge in [-0.1, -0.05) is 103 Å². The second-order valence-corrected chi connectivity index (χ2v) is 16.5. The van der Waals surface area contributed by atoms with Crippen LogP contribution in [0.2, 0.25) is 0 Å². The smallest absolute Gasteiger partial charge is 0.340 e. The third-order valence-corrected chi connectivity index (χ3v) is 9.93. The van der Waals surface area contributed by atoms with Crippen LogP contribution in [0.3, 0.4) is 0 Å². The Kier molecular flexibility index (Phi) is 6.98. The minimum Gasteiger partial charge on any atom is -0.340 e. The van der Waals surface area contributed by atoms with E-state index in [1.165, 1.54) is 65.5 Å². The van der Waals surface area contributed by atoms with Crippen molar-refractivity contribution in [1.29, 1.82) is 0 Å². The minimum atomic E-state index is -1.01. The van der Waals surface area contributed by atoms with Gasteiger partial charge < -0.3 is 9.47 Å². The van der Waals surface area contributed by atoms with Crippen molar-refractivity contribution in [3.05, 3.63) is 57.6 Å². The van der Waals surface area contributed by atoms with Gasteiger partial charge in [0.1, 0.15) is 0 Å². The summed E-state index contributed by atoms with van der Waals surface area (Å²) >= 11 is 0. The van der Waals surface area contributed by atoms with E-state index < -0.39 is 6.03 Å². The van der Waals surface area contributed by atoms with Gasteiger partial charge in [-0.25, -0.2) is 0 Å². The normalized spacial score (nSPS) is 24.7. The van der Waals surface area contributed by atoms with Gasteiger partial charge in [0.05, 0.1) is 11.1 Å². The van der Waals surface area contributed by atoms with Crippen LogP contribution in [-0.2, 0) is 22.7 Å². The fourth-order valence-electron chi connectivity index (χ4n) is 7.50. The molecule has 3 heterocycles. The van der Waals surface area contributed by atoms with Gasteiger partial charge in [0, 0.05) is 24.0 Å². The molecule has 2 fully saturated rings. The van der Waals surface area contributed by atoms with Gasteiger partial charge in [0.25, 0.3) is 0 Å². The molecule has 1 spiro atoms. The highest BCUT2D eigenvalue weighted by Gasteiger charge is 2.76. The lowest BCUT2D eigenvalue weighted by atomic mass is 9.79. The van der Waals surface area contributed by atoms with Gasteiger partial charge >= 0.3 is 6.03 Å². The number of ether oxygens (including phenoxy) is 2. The molecule has 0 amide bonds. The topological polar surface area (TPSA) is 24.5 Å². The summed E-state index contributed by atoms with van der Waals surface area (Å²) in [6, 6.07) is 9.26. The number of fused-ring (bicyclic) bond motifs is 5. The summed E-state index contributed by atoms with van der Waals surface area (Å²) in [5.41, 5.74) is 7.61. The summed E-state index contributed by atoms with van der Waals surface area (Å²) < 4.78 is 19.7. The SMILES string of the molecule is CCCCCc1cc2c(c(C(C)(C)C)c1)OC13Oc4c(cc(C(C)(C)C)cc4C(C)(C)C)C=[N+]1C1CCCCC1[N+]3=C2. The van der Waals surface area contributed by atoms with Crippen LogP contribution in [0.5, 0.6) is 11.5 Å². The summed E-state index contributed by atoms with van der Waals surface area (Å²) in [5.74, 6) is 1.96. The van der Waals surface area contributed by atoms with Gasteiger partial charge in [-0.05, 0) is 65.2 Å². The Morgan fingerprint density at radius 3 is 1.71 bits per heavy atom. The van der Waals surface area contributed by atoms with Crippen molar-refractivity contribution in [2.75, 3.05) is 0 Å². The summed E-state index contributed by atoms with van der Waals surface area (Å²) in [6.07, 6.45) is 14.5. The number of unbranched alkanes of at least 4 members (excludes halogenated alkanes) is 2. The number of nitrogens with zero attached hydrogens (tertiary/aromatic N) is 2. The molecule has 1 aliphatic carbocycles. The first kappa shape index (κ1) is 29.5. The molecule has 4 nitrogen and oxygen atoms in total. The van der Waals surface area contributed by atoms with Crippen LogP contribution in [0, 0.1) is 0 Å². The van der Waals surface area contributed by atoms with Crippen molar-refractivity contribution in [3.63, 3.8) is 0 Å². The number of benzene rings is 2. The molecule has 4 aliphatic rings. The van der Waals surface area contributed by atoms with Gasteiger partial charge in [0.15, 0.2) is 23.9 Å². The zero-order chi connectivity index (χ0) is 30.2. The summed E-state index contributed by atoms with van der Waals surface area (Å²) in [7, 11) is 0. The van der Waals surface area contributed by atoms with Gasteiger partial charge in [-0.15, -0.1) is 0 Å². The van der Waals surface area contributed by atoms with Crippen molar-refractivity contribution in [1.82, 2.24) is 0 Å². The van der Waals surface area contributed by atoms with Gasteiger partial charge in [-0.2, -0.15) is 0 Å². The van der Waals surface area contributed by atoms with Crippen LogP contribution in [0.15, 0.2) is 24.3 Å². The molecular formula is C38H54N2O2+2. The summed E-state index contributed by atoms with van der Waals surface area (Å²) in [4.78, 5) is 0. The Labute approximate surface area is 254 Å². The second-order valence-electron chi connectivity index (χ2n) is 16.5. The van der Waals surface area contributed by atoms with E-state index in [0.29, 0.717) is 12.1 Å². The Balaban J connectivity index is 1.57. The van der Waals surface area contributed by atoms with Crippen LogP contribution in [-0.4, -0.2) is 39.7 Å². The average Bonchev–Trinajstić information content (AvgIpc) is 3.17. The predicted octanol–water partition coefficient (Wildman–Crippen LogP) is 8.60. The molecular weight excluding hydrogens is 516 g/mol. The summed E-state index contributed by atoms with van der Waals surface area (Å²) in [6.45, 7) is 23.0. The molecule has 3 atom stereocenters. The van der Waals surface area contributed by atoms with Crippen molar-refractivity contribution in [2.45, 2.75) is 155 Å². The quantitative estimate of drug-likeness (QED) is 0.272. The lowest BCUT2D eigenvalue weighted by molar-refractivity contribution is -0.866. The third-order valence-electron chi connectivity index (χ3n) is 9.93. The van der Waals surface area contributed by atoms with E-state index in [1.54, 1.807) is 0 Å². The van der Waals surface area contributed by atoms with Crippen LogP contribution >= 0.6 is 0 Å². The predicted molar refractivity (Wildman–Crippen MR) is 173 cm³/mol. The van der Waals surface area contributed by atoms with E-state index in [1.807, 2.05) is 0 Å². The molecule has 0 N–H and O–H groups in total. The lowest BCUT2D eigenvalue weighted by Gasteiger charge is -2.34. The van der Waals surface area contributed by atoms with Crippen LogP contribution in [0.1, 0.15) is 148 Å². The van der Waals surface area contributed by atoms with Crippen molar-refractivity contribution in [3.8, 4) is 11.5 Å². The van der Waals surface area contributed by atoms with E-state index in [2.05, 4.69) is 115 Å². The molecule has 0 bridgehead atoms. The molecule has 6 rings (SSSR count). The fraction of sp³-hybridized carbons (Fsp3) is 0.632. The standard InChI is InChI=1S/C38H54N2O2/c1-11-12-13-16-25-19-26-23-39-31-17-14-15-18-32(31)40-24-27-21-28(35(2,3)4)22-30(37(8,9)10)34(27)42-38(39,40)41-33(26)29(20-25)36(5,6)7/h19-24,31-32H,11-18H2,1-10H3/q+2. The first-order valence-electron chi connectivity index (χ1n) is 16.6. The van der Waals surface area contributed by atoms with E-state index in [-0.39, 0.29) is 16.2 Å². The zero-order valence-corrected chi connectivity index (χ0v) is 28.0. The van der Waals surface area contributed by atoms with E-state index in [9.17, 15) is 0 Å². The summed E-state index contributed by atoms with van der Waals surface area (Å²) in [5, 5.41) is 0. The molecule has 0 aromatic heterocycles. The van der Waals surface area contributed by atoms with Crippen molar-refractivity contribution in [2.24, 2.45) is 0 Å². The van der Waals surface area contributed by atoms with E-state index in [0.717, 1.165) is 30.8 Å². The van der Waals surface area contributed by atoms with Crippen molar-refractivity contribution >= 4 is 12.4 Å². The van der Waals surface area contributed by atoms with Crippen molar-refractivity contribution < 1.29 is 18.6 Å². The minimum absolute atomic E-state index is 0.0485. The highest BCUT2D eigenvalue weighted by Crippen LogP contribution is 2.49. The van der Waals surface area contributed by atoms with E-state index in [4.69, 9.17) is 9.47 Å². The van der Waals surface area contributed by atoms with E-state index >= 15 is 0 Å². The second kappa shape index (κ2) is 9.96. The van der Waals surface area contributed by atoms with Crippen LogP contribution in [0.4, 0.5) is 0 Å². The molecule has 0 radical (unpaired) electrons. The Morgan fingerprint density at radius 1 is 0.690 bits per heavy atom. The molecule has 3 unspecified atom stereocenters. The Morgan fingerprint density at radius 2 is 1.21 bits per heavy atom. The molecule has 2 aromatic carbocycles. The van der Waals surface area contributed by atoms with Gasteiger partial charge in [-0.3, -0.25) is 0 Å². The van der Waals surface area contributed by atoms with Crippen LogP contribution in [0.25, 0.3) is 0 Å². The molecule has 4 heteroatoms. The molecule has 2 aromatic rings. The largest absolute Gasteiger partial charge is 0.704 e. The zero-order valence-electron chi connectivity index (χ0n) is 28.0. The molecule has 226 valence electrons. The first-order chi connectivity index (χ1) is 19.6. The number of hydrogen-bond acceptors (Lipinski definition) is 2. The Hall–Kier alpha value is -2.62. The monoisotopic (exact) mass is 570 g/mol. The highest BCUT2D eigenvalue weighted by molar-refractivity contribution is 5.85. The Bertz CT molecular complexity index is 1460. The molecule has 42 heavy (non-hydrogen) atoms.